The molecule has 2 N–H and O–H groups in total. The third-order valence-electron chi connectivity index (χ3n) is 6.38. The molecule has 0 saturated carbocycles. The molecular weight excluding hydrogens is 465 g/mol. The van der Waals surface area contributed by atoms with Gasteiger partial charge in [-0.2, -0.15) is 0 Å². The van der Waals surface area contributed by atoms with Crippen molar-refractivity contribution >= 4 is 18.0 Å². The van der Waals surface area contributed by atoms with Crippen molar-refractivity contribution in [1.82, 2.24) is 30.5 Å². The maximum atomic E-state index is 12.7. The molecule has 4 rings (SSSR count). The summed E-state index contributed by atoms with van der Waals surface area (Å²) in [5.74, 6) is 0.252. The van der Waals surface area contributed by atoms with Crippen LogP contribution in [0.1, 0.15) is 24.1 Å². The number of likely N-dealkylation sites (tertiary alicyclic amines) is 2. The van der Waals surface area contributed by atoms with Gasteiger partial charge >= 0.3 is 12.4 Å². The number of nitrogens with one attached hydrogen (secondary N) is 2. The number of carbonyl (C=O) groups excluding carboxylic acids is 2. The second kappa shape index (κ2) is 10.8. The van der Waals surface area contributed by atoms with Crippen molar-refractivity contribution in [2.24, 2.45) is 11.8 Å². The van der Waals surface area contributed by atoms with E-state index in [1.807, 2.05) is 4.90 Å². The van der Waals surface area contributed by atoms with E-state index in [4.69, 9.17) is 0 Å². The Kier molecular flexibility index (Phi) is 7.57. The number of aromatic amines is 1. The summed E-state index contributed by atoms with van der Waals surface area (Å²) in [6, 6.07) is 5.27. The van der Waals surface area contributed by atoms with Gasteiger partial charge < -0.3 is 19.9 Å². The fraction of sp³-hybridized carbons (Fsp3) is 0.478. The zero-order valence-corrected chi connectivity index (χ0v) is 19.0. The molecule has 35 heavy (non-hydrogen) atoms. The Balaban J connectivity index is 1.22. The van der Waals surface area contributed by atoms with Gasteiger partial charge in [-0.15, -0.1) is 18.3 Å². The number of aromatic nitrogens is 3. The first kappa shape index (κ1) is 24.6. The lowest BCUT2D eigenvalue weighted by molar-refractivity contribution is -0.274. The summed E-state index contributed by atoms with van der Waals surface area (Å²) in [7, 11) is 0. The third kappa shape index (κ3) is 6.96. The van der Waals surface area contributed by atoms with Gasteiger partial charge in [0.15, 0.2) is 0 Å². The zero-order chi connectivity index (χ0) is 24.8. The highest BCUT2D eigenvalue weighted by atomic mass is 19.4. The minimum absolute atomic E-state index is 0.0759. The summed E-state index contributed by atoms with van der Waals surface area (Å²) in [6.45, 7) is 3.05. The number of hydrogen-bond acceptors (Lipinski definition) is 5. The standard InChI is InChI=1S/C23H27F3N6O3/c24-23(25,26)35-20-4-1-16(2-5-20)3-6-21(33)31-11-8-17-14-32(15-18(17)9-12-31)22(34)27-10-7-19-13-28-30-29-19/h1-6,13,17-18H,7-12,14-15H2,(H,27,34)(H,28,29,30)/b6-3+/t17-,18+. The summed E-state index contributed by atoms with van der Waals surface area (Å²) >= 11 is 0. The van der Waals surface area contributed by atoms with Crippen LogP contribution < -0.4 is 10.1 Å². The fourth-order valence-corrected chi connectivity index (χ4v) is 4.54. The minimum atomic E-state index is -4.74. The normalized spacial score (nSPS) is 20.5. The molecule has 12 heteroatoms. The van der Waals surface area contributed by atoms with Crippen LogP contribution in [0.4, 0.5) is 18.0 Å². The van der Waals surface area contributed by atoms with E-state index in [9.17, 15) is 22.8 Å². The molecule has 1 aromatic carbocycles. The lowest BCUT2D eigenvalue weighted by Gasteiger charge is -2.21. The number of halogens is 3. The molecule has 2 aliphatic rings. The second-order valence-corrected chi connectivity index (χ2v) is 8.74. The van der Waals surface area contributed by atoms with E-state index in [0.717, 1.165) is 18.5 Å². The van der Waals surface area contributed by atoms with Crippen molar-refractivity contribution in [2.75, 3.05) is 32.7 Å². The first-order valence-electron chi connectivity index (χ1n) is 11.5. The summed E-state index contributed by atoms with van der Waals surface area (Å²) < 4.78 is 40.6. The van der Waals surface area contributed by atoms with Gasteiger partial charge in [0.25, 0.3) is 0 Å². The number of amides is 3. The topological polar surface area (TPSA) is 103 Å². The van der Waals surface area contributed by atoms with E-state index < -0.39 is 6.36 Å². The Morgan fingerprint density at radius 3 is 2.40 bits per heavy atom. The number of rotatable bonds is 6. The average molecular weight is 493 g/mol. The van der Waals surface area contributed by atoms with Crippen molar-refractivity contribution in [1.29, 1.82) is 0 Å². The number of ether oxygens (including phenoxy) is 1. The molecule has 0 bridgehead atoms. The number of carbonyl (C=O) groups is 2. The molecule has 2 aromatic rings. The van der Waals surface area contributed by atoms with E-state index in [0.29, 0.717) is 56.5 Å². The van der Waals surface area contributed by atoms with Crippen LogP contribution in [0.3, 0.4) is 0 Å². The first-order valence-corrected chi connectivity index (χ1v) is 11.5. The average Bonchev–Trinajstić information content (AvgIpc) is 3.43. The van der Waals surface area contributed by atoms with Crippen molar-refractivity contribution in [3.05, 3.63) is 47.8 Å². The van der Waals surface area contributed by atoms with E-state index in [2.05, 4.69) is 25.5 Å². The van der Waals surface area contributed by atoms with Gasteiger partial charge in [-0.05, 0) is 48.4 Å². The molecule has 2 aliphatic heterocycles. The summed E-state index contributed by atoms with van der Waals surface area (Å²) in [4.78, 5) is 28.8. The van der Waals surface area contributed by atoms with E-state index >= 15 is 0 Å². The highest BCUT2D eigenvalue weighted by Crippen LogP contribution is 2.32. The number of benzene rings is 1. The van der Waals surface area contributed by atoms with Crippen molar-refractivity contribution in [3.63, 3.8) is 0 Å². The Labute approximate surface area is 200 Å². The lowest BCUT2D eigenvalue weighted by Crippen LogP contribution is -2.40. The predicted molar refractivity (Wildman–Crippen MR) is 120 cm³/mol. The van der Waals surface area contributed by atoms with Gasteiger partial charge in [0, 0.05) is 45.2 Å². The smallest absolute Gasteiger partial charge is 0.406 e. The van der Waals surface area contributed by atoms with Crippen LogP contribution >= 0.6 is 0 Å². The Hall–Kier alpha value is -3.57. The largest absolute Gasteiger partial charge is 0.573 e. The van der Waals surface area contributed by atoms with Crippen molar-refractivity contribution in [2.45, 2.75) is 25.6 Å². The fourth-order valence-electron chi connectivity index (χ4n) is 4.54. The number of fused-ring (bicyclic) bond motifs is 1. The van der Waals surface area contributed by atoms with E-state index in [1.54, 1.807) is 17.2 Å². The number of H-pyrrole nitrogens is 1. The second-order valence-electron chi connectivity index (χ2n) is 8.74. The Bertz CT molecular complexity index is 1010. The molecule has 9 nitrogen and oxygen atoms in total. The molecule has 2 saturated heterocycles. The summed E-state index contributed by atoms with van der Waals surface area (Å²) in [5.41, 5.74) is 1.47. The van der Waals surface area contributed by atoms with Crippen molar-refractivity contribution in [3.8, 4) is 5.75 Å². The van der Waals surface area contributed by atoms with Crippen LogP contribution in [0, 0.1) is 11.8 Å². The van der Waals surface area contributed by atoms with Gasteiger partial charge in [0.05, 0.1) is 11.9 Å². The lowest BCUT2D eigenvalue weighted by atomic mass is 9.92. The molecule has 0 aliphatic carbocycles. The quantitative estimate of drug-likeness (QED) is 0.604. The molecule has 2 fully saturated rings. The molecule has 1 aromatic heterocycles. The molecule has 3 amide bonds. The van der Waals surface area contributed by atoms with Crippen LogP contribution in [0.2, 0.25) is 0 Å². The highest BCUT2D eigenvalue weighted by molar-refractivity contribution is 5.91. The van der Waals surface area contributed by atoms with Gasteiger partial charge in [0.1, 0.15) is 5.75 Å². The molecule has 0 spiro atoms. The van der Waals surface area contributed by atoms with Crippen LogP contribution in [-0.4, -0.2) is 76.2 Å². The molecule has 3 heterocycles. The predicted octanol–water partition coefficient (Wildman–Crippen LogP) is 2.84. The summed E-state index contributed by atoms with van der Waals surface area (Å²) in [6.07, 6.45) is 2.18. The third-order valence-corrected chi connectivity index (χ3v) is 6.38. The monoisotopic (exact) mass is 492 g/mol. The van der Waals surface area contributed by atoms with Gasteiger partial charge in [-0.3, -0.25) is 9.89 Å². The molecular formula is C23H27F3N6O3. The SMILES string of the molecule is O=C(/C=C/c1ccc(OC(F)(F)F)cc1)N1CC[C@@H]2CN(C(=O)NCCc3cnn[nH]3)C[C@@H]2CC1. The van der Waals surface area contributed by atoms with E-state index in [1.165, 1.54) is 30.3 Å². The van der Waals surface area contributed by atoms with E-state index in [-0.39, 0.29) is 17.7 Å². The van der Waals surface area contributed by atoms with Crippen molar-refractivity contribution < 1.29 is 27.5 Å². The maximum Gasteiger partial charge on any atom is 0.573 e. The number of alkyl halides is 3. The zero-order valence-electron chi connectivity index (χ0n) is 19.0. The first-order chi connectivity index (χ1) is 16.8. The molecule has 0 unspecified atom stereocenters. The van der Waals surface area contributed by atoms with Crippen LogP contribution in [-0.2, 0) is 11.2 Å². The minimum Gasteiger partial charge on any atom is -0.406 e. The molecule has 0 radical (unpaired) electrons. The van der Waals surface area contributed by atoms with Crippen LogP contribution in [0.25, 0.3) is 6.08 Å². The number of urea groups is 1. The van der Waals surface area contributed by atoms with Crippen LogP contribution in [0.15, 0.2) is 36.5 Å². The van der Waals surface area contributed by atoms with Gasteiger partial charge in [-0.1, -0.05) is 17.3 Å². The highest BCUT2D eigenvalue weighted by Gasteiger charge is 2.37. The maximum absolute atomic E-state index is 12.7. The Morgan fingerprint density at radius 2 is 1.80 bits per heavy atom. The number of nitrogens with zero attached hydrogens (tertiary/aromatic N) is 4. The van der Waals surface area contributed by atoms with Gasteiger partial charge in [-0.25, -0.2) is 4.79 Å². The number of hydrogen-bond donors (Lipinski definition) is 2. The van der Waals surface area contributed by atoms with Crippen LogP contribution in [0.5, 0.6) is 5.75 Å². The Morgan fingerprint density at radius 1 is 1.11 bits per heavy atom. The van der Waals surface area contributed by atoms with Gasteiger partial charge in [0.2, 0.25) is 5.91 Å². The molecule has 2 atom stereocenters. The summed E-state index contributed by atoms with van der Waals surface area (Å²) in [5, 5.41) is 13.1. The molecule has 188 valence electrons.